The highest BCUT2D eigenvalue weighted by Gasteiger charge is 2.64. The monoisotopic (exact) mass is 164 g/mol. The number of carboxylic acid groups (broad SMARTS) is 1. The van der Waals surface area contributed by atoms with E-state index in [1.54, 1.807) is 0 Å². The molecule has 3 rings (SSSR count). The van der Waals surface area contributed by atoms with Crippen molar-refractivity contribution in [2.75, 3.05) is 0 Å². The third kappa shape index (κ3) is 0.563. The molecule has 1 spiro atoms. The molecule has 2 bridgehead atoms. The molecule has 2 nitrogen and oxygen atoms in total. The van der Waals surface area contributed by atoms with Gasteiger partial charge in [0.15, 0.2) is 0 Å². The van der Waals surface area contributed by atoms with Crippen LogP contribution in [-0.2, 0) is 4.79 Å². The zero-order chi connectivity index (χ0) is 8.34. The maximum atomic E-state index is 10.9. The van der Waals surface area contributed by atoms with Gasteiger partial charge >= 0.3 is 5.97 Å². The van der Waals surface area contributed by atoms with E-state index in [0.717, 1.165) is 6.42 Å². The van der Waals surface area contributed by atoms with Gasteiger partial charge in [-0.15, -0.1) is 0 Å². The van der Waals surface area contributed by atoms with Gasteiger partial charge in [-0.1, -0.05) is 12.2 Å². The Morgan fingerprint density at radius 2 is 2.17 bits per heavy atom. The summed E-state index contributed by atoms with van der Waals surface area (Å²) in [5, 5.41) is 8.96. The standard InChI is InChI=1S/C10H12O2/c11-9(12)7-5-6-1-2-8(7)10(6)3-4-10/h1-2,6-8H,3-5H2,(H,11,12)/t6-,7-,8-/m0/s1. The Labute approximate surface area is 71.3 Å². The fraction of sp³-hybridized carbons (Fsp3) is 0.700. The SMILES string of the molecule is O=C(O)[C@H]1C[C@@H]2C=C[C@@H]1C21CC1. The van der Waals surface area contributed by atoms with Crippen molar-refractivity contribution in [2.45, 2.75) is 19.3 Å². The third-order valence-corrected chi connectivity index (χ3v) is 4.04. The molecule has 0 saturated heterocycles. The number of rotatable bonds is 1. The third-order valence-electron chi connectivity index (χ3n) is 4.04. The molecule has 0 aliphatic heterocycles. The van der Waals surface area contributed by atoms with Crippen LogP contribution in [0.15, 0.2) is 12.2 Å². The van der Waals surface area contributed by atoms with Crippen LogP contribution < -0.4 is 0 Å². The lowest BCUT2D eigenvalue weighted by Gasteiger charge is -2.14. The highest BCUT2D eigenvalue weighted by molar-refractivity contribution is 5.72. The predicted molar refractivity (Wildman–Crippen MR) is 43.5 cm³/mol. The summed E-state index contributed by atoms with van der Waals surface area (Å²) in [6, 6.07) is 0. The quantitative estimate of drug-likeness (QED) is 0.598. The highest BCUT2D eigenvalue weighted by atomic mass is 16.4. The first-order chi connectivity index (χ1) is 5.74. The molecule has 2 heteroatoms. The van der Waals surface area contributed by atoms with Crippen LogP contribution in [0.3, 0.4) is 0 Å². The van der Waals surface area contributed by atoms with Crippen LogP contribution in [-0.4, -0.2) is 11.1 Å². The van der Waals surface area contributed by atoms with E-state index in [-0.39, 0.29) is 5.92 Å². The Balaban J connectivity index is 1.97. The number of carbonyl (C=O) groups is 1. The van der Waals surface area contributed by atoms with E-state index in [4.69, 9.17) is 5.11 Å². The molecule has 0 heterocycles. The lowest BCUT2D eigenvalue weighted by molar-refractivity contribution is -0.142. The van der Waals surface area contributed by atoms with Gasteiger partial charge in [-0.2, -0.15) is 0 Å². The molecule has 0 aromatic heterocycles. The van der Waals surface area contributed by atoms with Gasteiger partial charge in [-0.05, 0) is 36.5 Å². The molecular formula is C10H12O2. The molecule has 64 valence electrons. The molecule has 0 aromatic carbocycles. The molecule has 0 aromatic rings. The summed E-state index contributed by atoms with van der Waals surface area (Å²) < 4.78 is 0. The van der Waals surface area contributed by atoms with Gasteiger partial charge in [0.05, 0.1) is 5.92 Å². The number of allylic oxidation sites excluding steroid dienone is 2. The van der Waals surface area contributed by atoms with Crippen LogP contribution in [0.5, 0.6) is 0 Å². The lowest BCUT2D eigenvalue weighted by atomic mass is 9.89. The minimum Gasteiger partial charge on any atom is -0.481 e. The van der Waals surface area contributed by atoms with Crippen molar-refractivity contribution in [3.05, 3.63) is 12.2 Å². The van der Waals surface area contributed by atoms with E-state index < -0.39 is 5.97 Å². The average molecular weight is 164 g/mol. The van der Waals surface area contributed by atoms with Gasteiger partial charge in [0.1, 0.15) is 0 Å². The van der Waals surface area contributed by atoms with Crippen molar-refractivity contribution in [2.24, 2.45) is 23.2 Å². The van der Waals surface area contributed by atoms with Crippen molar-refractivity contribution in [1.29, 1.82) is 0 Å². The molecule has 0 amide bonds. The number of carboxylic acids is 1. The molecule has 2 fully saturated rings. The van der Waals surface area contributed by atoms with Crippen LogP contribution in [0.2, 0.25) is 0 Å². The first-order valence-electron chi connectivity index (χ1n) is 4.65. The molecule has 0 unspecified atom stereocenters. The summed E-state index contributed by atoms with van der Waals surface area (Å²) >= 11 is 0. The molecule has 3 aliphatic carbocycles. The van der Waals surface area contributed by atoms with E-state index in [1.165, 1.54) is 12.8 Å². The molecule has 3 atom stereocenters. The molecular weight excluding hydrogens is 152 g/mol. The average Bonchev–Trinajstić information content (AvgIpc) is 2.69. The highest BCUT2D eigenvalue weighted by Crippen LogP contribution is 2.70. The predicted octanol–water partition coefficient (Wildman–Crippen LogP) is 1.67. The maximum absolute atomic E-state index is 10.9. The van der Waals surface area contributed by atoms with Gasteiger partial charge in [-0.3, -0.25) is 4.79 Å². The fourth-order valence-electron chi connectivity index (χ4n) is 3.26. The van der Waals surface area contributed by atoms with E-state index in [9.17, 15) is 4.79 Å². The number of hydrogen-bond donors (Lipinski definition) is 1. The smallest absolute Gasteiger partial charge is 0.307 e. The summed E-state index contributed by atoms with van der Waals surface area (Å²) in [4.78, 5) is 10.9. The van der Waals surface area contributed by atoms with E-state index in [1.807, 2.05) is 0 Å². The van der Waals surface area contributed by atoms with Crippen LogP contribution in [0.1, 0.15) is 19.3 Å². The summed E-state index contributed by atoms with van der Waals surface area (Å²) in [6.07, 6.45) is 7.83. The zero-order valence-electron chi connectivity index (χ0n) is 6.86. The number of aliphatic carboxylic acids is 1. The van der Waals surface area contributed by atoms with Crippen molar-refractivity contribution >= 4 is 5.97 Å². The van der Waals surface area contributed by atoms with Gasteiger partial charge in [-0.25, -0.2) is 0 Å². The van der Waals surface area contributed by atoms with Crippen molar-refractivity contribution in [1.82, 2.24) is 0 Å². The Hall–Kier alpha value is -0.790. The van der Waals surface area contributed by atoms with Crippen LogP contribution in [0.25, 0.3) is 0 Å². The van der Waals surface area contributed by atoms with Crippen molar-refractivity contribution in [3.63, 3.8) is 0 Å². The lowest BCUT2D eigenvalue weighted by Crippen LogP contribution is -2.20. The second-order valence-corrected chi connectivity index (χ2v) is 4.43. The normalized spacial score (nSPS) is 45.5. The van der Waals surface area contributed by atoms with Crippen molar-refractivity contribution < 1.29 is 9.90 Å². The Morgan fingerprint density at radius 3 is 2.58 bits per heavy atom. The summed E-state index contributed by atoms with van der Waals surface area (Å²) in [7, 11) is 0. The summed E-state index contributed by atoms with van der Waals surface area (Å²) in [5.74, 6) is 0.323. The second kappa shape index (κ2) is 1.76. The van der Waals surface area contributed by atoms with Crippen molar-refractivity contribution in [3.8, 4) is 0 Å². The topological polar surface area (TPSA) is 37.3 Å². The van der Waals surface area contributed by atoms with Crippen LogP contribution >= 0.6 is 0 Å². The Morgan fingerprint density at radius 1 is 1.42 bits per heavy atom. The number of hydrogen-bond acceptors (Lipinski definition) is 1. The van der Waals surface area contributed by atoms with Crippen LogP contribution in [0.4, 0.5) is 0 Å². The minimum atomic E-state index is -0.585. The van der Waals surface area contributed by atoms with Crippen LogP contribution in [0, 0.1) is 23.2 Å². The summed E-state index contributed by atoms with van der Waals surface area (Å²) in [6.45, 7) is 0. The van der Waals surface area contributed by atoms with Gasteiger partial charge in [0, 0.05) is 0 Å². The first kappa shape index (κ1) is 6.70. The molecule has 1 N–H and O–H groups in total. The first-order valence-corrected chi connectivity index (χ1v) is 4.65. The molecule has 2 saturated carbocycles. The second-order valence-electron chi connectivity index (χ2n) is 4.43. The maximum Gasteiger partial charge on any atom is 0.307 e. The zero-order valence-corrected chi connectivity index (χ0v) is 6.86. The van der Waals surface area contributed by atoms with Gasteiger partial charge in [0.2, 0.25) is 0 Å². The fourth-order valence-corrected chi connectivity index (χ4v) is 3.26. The minimum absolute atomic E-state index is 0.0671. The largest absolute Gasteiger partial charge is 0.481 e. The van der Waals surface area contributed by atoms with E-state index in [2.05, 4.69) is 12.2 Å². The van der Waals surface area contributed by atoms with Gasteiger partial charge < -0.3 is 5.11 Å². The van der Waals surface area contributed by atoms with E-state index >= 15 is 0 Å². The van der Waals surface area contributed by atoms with E-state index in [0.29, 0.717) is 17.3 Å². The van der Waals surface area contributed by atoms with Gasteiger partial charge in [0.25, 0.3) is 0 Å². The summed E-state index contributed by atoms with van der Waals surface area (Å²) in [5.41, 5.74) is 0.434. The molecule has 12 heavy (non-hydrogen) atoms. The Kier molecular flexibility index (Phi) is 0.980. The molecule has 3 aliphatic rings. The Bertz CT molecular complexity index is 276. The molecule has 0 radical (unpaired) electrons.